The fraction of sp³-hybridized carbons (Fsp3) is 0.478. The number of nitro groups is 1. The van der Waals surface area contributed by atoms with E-state index in [1.807, 2.05) is 57.6 Å². The minimum absolute atomic E-state index is 0.0757. The Balaban J connectivity index is 2.27. The first kappa shape index (κ1) is 24.1. The summed E-state index contributed by atoms with van der Waals surface area (Å²) in [6, 6.07) is 9.36. The summed E-state index contributed by atoms with van der Waals surface area (Å²) in [6.45, 7) is 8.88. The first-order chi connectivity index (χ1) is 14.6. The SMILES string of the molecule is CCC(C)N(CC(=O)N(Cc1cccn1C)CC(C)C)C(=O)c1cccc([N+](=O)[O-])c1. The topological polar surface area (TPSA) is 88.7 Å². The fourth-order valence-electron chi connectivity index (χ4n) is 3.36. The van der Waals surface area contributed by atoms with E-state index in [1.54, 1.807) is 11.0 Å². The van der Waals surface area contributed by atoms with Crippen molar-refractivity contribution in [2.75, 3.05) is 13.1 Å². The highest BCUT2D eigenvalue weighted by Crippen LogP contribution is 2.18. The lowest BCUT2D eigenvalue weighted by Gasteiger charge is -2.32. The van der Waals surface area contributed by atoms with Gasteiger partial charge in [0.25, 0.3) is 11.6 Å². The molecule has 0 aliphatic heterocycles. The van der Waals surface area contributed by atoms with E-state index in [1.165, 1.54) is 23.1 Å². The van der Waals surface area contributed by atoms with Crippen LogP contribution in [0.4, 0.5) is 5.69 Å². The number of carbonyl (C=O) groups is 2. The second-order valence-corrected chi connectivity index (χ2v) is 8.28. The molecule has 8 nitrogen and oxygen atoms in total. The van der Waals surface area contributed by atoms with Crippen molar-refractivity contribution in [1.82, 2.24) is 14.4 Å². The number of amides is 2. The van der Waals surface area contributed by atoms with E-state index in [0.29, 0.717) is 19.5 Å². The van der Waals surface area contributed by atoms with Gasteiger partial charge in [-0.05, 0) is 37.5 Å². The maximum atomic E-state index is 13.3. The third kappa shape index (κ3) is 6.41. The van der Waals surface area contributed by atoms with Gasteiger partial charge in [0.15, 0.2) is 0 Å². The monoisotopic (exact) mass is 428 g/mol. The summed E-state index contributed by atoms with van der Waals surface area (Å²) in [7, 11) is 1.94. The van der Waals surface area contributed by atoms with E-state index in [0.717, 1.165) is 5.69 Å². The molecule has 0 saturated heterocycles. The lowest BCUT2D eigenvalue weighted by Crippen LogP contribution is -2.47. The van der Waals surface area contributed by atoms with Crippen LogP contribution < -0.4 is 0 Å². The number of rotatable bonds is 10. The molecule has 8 heteroatoms. The zero-order chi connectivity index (χ0) is 23.1. The molecule has 0 bridgehead atoms. The van der Waals surface area contributed by atoms with Gasteiger partial charge in [0.2, 0.25) is 5.91 Å². The maximum Gasteiger partial charge on any atom is 0.270 e. The van der Waals surface area contributed by atoms with Crippen molar-refractivity contribution in [3.8, 4) is 0 Å². The molecular formula is C23H32N4O4. The standard InChI is InChI=1S/C23H32N4O4/c1-6-18(4)26(23(29)19-9-7-10-20(13-19)27(30)31)16-22(28)25(14-17(2)3)15-21-11-8-12-24(21)5/h7-13,17-18H,6,14-16H2,1-5H3. The molecule has 31 heavy (non-hydrogen) atoms. The predicted molar refractivity (Wildman–Crippen MR) is 120 cm³/mol. The van der Waals surface area contributed by atoms with E-state index < -0.39 is 4.92 Å². The molecular weight excluding hydrogens is 396 g/mol. The van der Waals surface area contributed by atoms with Crippen molar-refractivity contribution in [3.63, 3.8) is 0 Å². The van der Waals surface area contributed by atoms with Crippen LogP contribution >= 0.6 is 0 Å². The number of nitrogens with zero attached hydrogens (tertiary/aromatic N) is 4. The molecule has 2 aromatic rings. The minimum Gasteiger partial charge on any atom is -0.353 e. The van der Waals surface area contributed by atoms with Gasteiger partial charge in [-0.3, -0.25) is 19.7 Å². The van der Waals surface area contributed by atoms with Crippen molar-refractivity contribution in [1.29, 1.82) is 0 Å². The number of hydrogen-bond acceptors (Lipinski definition) is 4. The molecule has 2 rings (SSSR count). The van der Waals surface area contributed by atoms with Gasteiger partial charge in [-0.15, -0.1) is 0 Å². The van der Waals surface area contributed by atoms with Gasteiger partial charge >= 0.3 is 0 Å². The Kier molecular flexibility index (Phi) is 8.36. The lowest BCUT2D eigenvalue weighted by atomic mass is 10.1. The minimum atomic E-state index is -0.528. The Morgan fingerprint density at radius 2 is 1.87 bits per heavy atom. The quantitative estimate of drug-likeness (QED) is 0.425. The molecule has 0 spiro atoms. The second kappa shape index (κ2) is 10.7. The summed E-state index contributed by atoms with van der Waals surface area (Å²) >= 11 is 0. The molecule has 0 aliphatic rings. The Bertz CT molecular complexity index is 922. The van der Waals surface area contributed by atoms with Crippen molar-refractivity contribution < 1.29 is 14.5 Å². The highest BCUT2D eigenvalue weighted by molar-refractivity contribution is 5.97. The van der Waals surface area contributed by atoms with E-state index in [2.05, 4.69) is 0 Å². The number of hydrogen-bond donors (Lipinski definition) is 0. The van der Waals surface area contributed by atoms with E-state index in [9.17, 15) is 19.7 Å². The second-order valence-electron chi connectivity index (χ2n) is 8.28. The average molecular weight is 429 g/mol. The first-order valence-corrected chi connectivity index (χ1v) is 10.6. The molecule has 0 fully saturated rings. The smallest absolute Gasteiger partial charge is 0.270 e. The molecule has 168 valence electrons. The van der Waals surface area contributed by atoms with Gasteiger partial charge in [0, 0.05) is 49.2 Å². The van der Waals surface area contributed by atoms with Crippen LogP contribution in [0, 0.1) is 16.0 Å². The molecule has 0 saturated carbocycles. The summed E-state index contributed by atoms with van der Waals surface area (Å²) in [6.07, 6.45) is 2.60. The number of aryl methyl sites for hydroxylation is 1. The number of carbonyl (C=O) groups excluding carboxylic acids is 2. The van der Waals surface area contributed by atoms with E-state index in [4.69, 9.17) is 0 Å². The number of non-ortho nitro benzene ring substituents is 1. The van der Waals surface area contributed by atoms with Crippen molar-refractivity contribution in [2.24, 2.45) is 13.0 Å². The summed E-state index contributed by atoms with van der Waals surface area (Å²) < 4.78 is 1.97. The normalized spacial score (nSPS) is 11.9. The van der Waals surface area contributed by atoms with Crippen LogP contribution in [-0.4, -0.2) is 50.2 Å². The average Bonchev–Trinajstić information content (AvgIpc) is 3.14. The van der Waals surface area contributed by atoms with Crippen molar-refractivity contribution >= 4 is 17.5 Å². The van der Waals surface area contributed by atoms with Crippen LogP contribution in [0.15, 0.2) is 42.6 Å². The van der Waals surface area contributed by atoms with Crippen LogP contribution in [0.1, 0.15) is 50.2 Å². The van der Waals surface area contributed by atoms with Gasteiger partial charge in [-0.2, -0.15) is 0 Å². The van der Waals surface area contributed by atoms with Crippen LogP contribution in [-0.2, 0) is 18.4 Å². The summed E-state index contributed by atoms with van der Waals surface area (Å²) in [5.41, 5.74) is 1.07. The van der Waals surface area contributed by atoms with Gasteiger partial charge in [-0.1, -0.05) is 26.8 Å². The van der Waals surface area contributed by atoms with E-state index >= 15 is 0 Å². The lowest BCUT2D eigenvalue weighted by molar-refractivity contribution is -0.384. The first-order valence-electron chi connectivity index (χ1n) is 10.6. The number of aromatic nitrogens is 1. The number of benzene rings is 1. The van der Waals surface area contributed by atoms with Gasteiger partial charge in [0.1, 0.15) is 6.54 Å². The molecule has 1 atom stereocenters. The molecule has 2 amide bonds. The number of nitro benzene ring substituents is 1. The Labute approximate surface area is 183 Å². The highest BCUT2D eigenvalue weighted by Gasteiger charge is 2.27. The Hall–Kier alpha value is -3.16. The van der Waals surface area contributed by atoms with Crippen LogP contribution in [0.2, 0.25) is 0 Å². The van der Waals surface area contributed by atoms with Crippen LogP contribution in [0.3, 0.4) is 0 Å². The van der Waals surface area contributed by atoms with Gasteiger partial charge < -0.3 is 14.4 Å². The summed E-state index contributed by atoms with van der Waals surface area (Å²) in [5, 5.41) is 11.1. The Morgan fingerprint density at radius 3 is 2.42 bits per heavy atom. The summed E-state index contributed by atoms with van der Waals surface area (Å²) in [5.74, 6) is -0.252. The van der Waals surface area contributed by atoms with Gasteiger partial charge in [-0.25, -0.2) is 0 Å². The molecule has 1 aromatic heterocycles. The predicted octanol–water partition coefficient (Wildman–Crippen LogP) is 3.86. The molecule has 1 heterocycles. The van der Waals surface area contributed by atoms with E-state index in [-0.39, 0.29) is 41.6 Å². The fourth-order valence-corrected chi connectivity index (χ4v) is 3.36. The highest BCUT2D eigenvalue weighted by atomic mass is 16.6. The molecule has 0 aliphatic carbocycles. The maximum absolute atomic E-state index is 13.3. The van der Waals surface area contributed by atoms with Crippen molar-refractivity contribution in [3.05, 3.63) is 64.0 Å². The third-order valence-corrected chi connectivity index (χ3v) is 5.34. The Morgan fingerprint density at radius 1 is 1.16 bits per heavy atom. The molecule has 1 unspecified atom stereocenters. The largest absolute Gasteiger partial charge is 0.353 e. The molecule has 1 aromatic carbocycles. The third-order valence-electron chi connectivity index (χ3n) is 5.34. The van der Waals surface area contributed by atoms with Crippen molar-refractivity contribution in [2.45, 2.75) is 46.7 Å². The zero-order valence-corrected chi connectivity index (χ0v) is 18.9. The van der Waals surface area contributed by atoms with Crippen LogP contribution in [0.25, 0.3) is 0 Å². The van der Waals surface area contributed by atoms with Gasteiger partial charge in [0.05, 0.1) is 11.5 Å². The molecule has 0 radical (unpaired) electrons. The van der Waals surface area contributed by atoms with Crippen LogP contribution in [0.5, 0.6) is 0 Å². The molecule has 0 N–H and O–H groups in total. The zero-order valence-electron chi connectivity index (χ0n) is 18.9. The summed E-state index contributed by atoms with van der Waals surface area (Å²) in [4.78, 5) is 40.3.